The Morgan fingerprint density at radius 2 is 0.395 bits per heavy atom. The van der Waals surface area contributed by atoms with E-state index in [-0.39, 0.29) is 19.7 Å². The van der Waals surface area contributed by atoms with Crippen LogP contribution in [0.4, 0.5) is 0 Å². The van der Waals surface area contributed by atoms with Crippen molar-refractivity contribution in [1.29, 1.82) is 0 Å². The summed E-state index contributed by atoms with van der Waals surface area (Å²) in [5.74, 6) is 0. The molecule has 0 amide bonds. The molecule has 4 heterocycles. The summed E-state index contributed by atoms with van der Waals surface area (Å²) in [6.07, 6.45) is 0. The summed E-state index contributed by atoms with van der Waals surface area (Å²) in [7, 11) is 0. The van der Waals surface area contributed by atoms with Gasteiger partial charge in [0, 0.05) is 0 Å². The van der Waals surface area contributed by atoms with Crippen molar-refractivity contribution in [2.75, 3.05) is 0 Å². The molecule has 206 valence electrons. The van der Waals surface area contributed by atoms with Crippen molar-refractivity contribution in [3.63, 3.8) is 0 Å². The van der Waals surface area contributed by atoms with Crippen LogP contribution in [-0.2, 0) is 0 Å². The van der Waals surface area contributed by atoms with E-state index < -0.39 is 26.9 Å². The second kappa shape index (κ2) is 10.5. The zero-order valence-electron chi connectivity index (χ0n) is 23.5. The van der Waals surface area contributed by atoms with Gasteiger partial charge in [-0.3, -0.25) is 0 Å². The summed E-state index contributed by atoms with van der Waals surface area (Å²) >= 11 is 0. The third-order valence-corrected chi connectivity index (χ3v) is 121. The van der Waals surface area contributed by atoms with Crippen molar-refractivity contribution in [2.45, 2.75) is 0 Å². The SMILES string of the molecule is c1ccc([P+]2(c3ccccc3)P3[P+](c4ccccc4)(c4ccccc4)p4p2p4[P+]3(c2ccccc2)c2ccccc2)cc1. The molecule has 0 N–H and O–H groups in total. The van der Waals surface area contributed by atoms with Gasteiger partial charge in [0.1, 0.15) is 31.8 Å². The first-order valence-electron chi connectivity index (χ1n) is 14.6. The third-order valence-electron chi connectivity index (χ3n) is 8.70. The fourth-order valence-corrected chi connectivity index (χ4v) is 256. The van der Waals surface area contributed by atoms with E-state index in [1.54, 1.807) is 31.8 Å². The third kappa shape index (κ3) is 3.51. The Morgan fingerprint density at radius 3 is 0.558 bits per heavy atom. The topological polar surface area (TPSA) is 0 Å². The minimum absolute atomic E-state index is 0.0877. The highest BCUT2D eigenvalue weighted by Gasteiger charge is 3.04. The number of benzene rings is 6. The first-order chi connectivity index (χ1) is 21.4. The largest absolute Gasteiger partial charge is 0.408 e. The molecule has 0 fully saturated rings. The lowest BCUT2D eigenvalue weighted by atomic mass is 10.4. The maximum Gasteiger partial charge on any atom is 0.408 e. The zero-order chi connectivity index (χ0) is 28.5. The lowest BCUT2D eigenvalue weighted by molar-refractivity contribution is 1.75. The van der Waals surface area contributed by atoms with Gasteiger partial charge in [0.25, 0.3) is 0 Å². The van der Waals surface area contributed by atoms with E-state index >= 15 is 0 Å². The molecule has 7 heteroatoms. The molecular formula is C36H30P7+3. The monoisotopic (exact) mass is 679 g/mol. The van der Waals surface area contributed by atoms with E-state index in [9.17, 15) is 0 Å². The van der Waals surface area contributed by atoms with Crippen molar-refractivity contribution >= 4 is 78.5 Å². The predicted molar refractivity (Wildman–Crippen MR) is 205 cm³/mol. The first kappa shape index (κ1) is 27.3. The molecule has 6 aromatic carbocycles. The lowest BCUT2D eigenvalue weighted by Crippen LogP contribution is -2.24. The zero-order valence-corrected chi connectivity index (χ0v) is 29.7. The summed E-state index contributed by atoms with van der Waals surface area (Å²) in [4.78, 5) is 0. The van der Waals surface area contributed by atoms with Crippen molar-refractivity contribution in [3.05, 3.63) is 182 Å². The molecule has 3 aliphatic heterocycles. The highest BCUT2D eigenvalue weighted by Crippen LogP contribution is 3.53. The Bertz CT molecular complexity index is 1650. The molecule has 0 spiro atoms. The predicted octanol–water partition coefficient (Wildman–Crippen LogP) is 11.2. The Hall–Kier alpha value is -2.06. The minimum atomic E-state index is -1.70. The summed E-state index contributed by atoms with van der Waals surface area (Å²) in [5, 5.41) is 10.2. The summed E-state index contributed by atoms with van der Waals surface area (Å²) in [6.45, 7) is -5.79. The molecule has 3 aliphatic rings. The Kier molecular flexibility index (Phi) is 6.66. The van der Waals surface area contributed by atoms with Crippen LogP contribution in [0.25, 0.3) is 0 Å². The molecule has 0 aliphatic carbocycles. The maximum absolute atomic E-state index is 2.56. The fraction of sp³-hybridized carbons (Fsp3) is 0. The van der Waals surface area contributed by atoms with Crippen LogP contribution in [0.1, 0.15) is 0 Å². The van der Waals surface area contributed by atoms with Gasteiger partial charge in [0.2, 0.25) is 19.9 Å². The van der Waals surface area contributed by atoms with Crippen LogP contribution in [0.2, 0.25) is 0 Å². The molecule has 0 saturated heterocycles. The molecule has 0 saturated carbocycles. The van der Waals surface area contributed by atoms with Gasteiger partial charge < -0.3 is 0 Å². The Labute approximate surface area is 259 Å². The van der Waals surface area contributed by atoms with Gasteiger partial charge in [-0.2, -0.15) is 0 Å². The van der Waals surface area contributed by atoms with Gasteiger partial charge in [-0.25, -0.2) is 0 Å². The van der Waals surface area contributed by atoms with Gasteiger partial charge in [0.05, 0.1) is 0 Å². The Balaban J connectivity index is 1.51. The Morgan fingerprint density at radius 1 is 0.233 bits per heavy atom. The van der Waals surface area contributed by atoms with Gasteiger partial charge in [-0.1, -0.05) is 109 Å². The number of hydrogen-bond acceptors (Lipinski definition) is 0. The molecule has 0 radical (unpaired) electrons. The molecular weight excluding hydrogens is 649 g/mol. The molecule has 4 bridgehead atoms. The molecule has 7 aromatic rings. The fourth-order valence-electron chi connectivity index (χ4n) is 7.08. The second-order valence-electron chi connectivity index (χ2n) is 10.9. The molecule has 0 atom stereocenters. The van der Waals surface area contributed by atoms with E-state index in [1.807, 2.05) is 0 Å². The van der Waals surface area contributed by atoms with Gasteiger partial charge in [0.15, 0.2) is 19.7 Å². The number of rotatable bonds is 6. The van der Waals surface area contributed by atoms with Crippen LogP contribution in [0, 0.1) is 0 Å². The maximum atomic E-state index is 2.56. The van der Waals surface area contributed by atoms with E-state index in [2.05, 4.69) is 182 Å². The molecule has 43 heavy (non-hydrogen) atoms. The smallest absolute Gasteiger partial charge is 0.0620 e. The van der Waals surface area contributed by atoms with E-state index in [4.69, 9.17) is 0 Å². The second-order valence-corrected chi connectivity index (χ2v) is 59.1. The normalized spacial score (nSPS) is 19.8. The van der Waals surface area contributed by atoms with Gasteiger partial charge in [-0.05, 0) is 72.8 Å². The molecule has 0 unspecified atom stereocenters. The van der Waals surface area contributed by atoms with E-state index in [1.165, 1.54) is 0 Å². The van der Waals surface area contributed by atoms with E-state index in [0.717, 1.165) is 0 Å². The van der Waals surface area contributed by atoms with Crippen molar-refractivity contribution in [3.8, 4) is 0 Å². The summed E-state index contributed by atoms with van der Waals surface area (Å²) < 4.78 is 0. The van der Waals surface area contributed by atoms with Crippen molar-refractivity contribution in [1.82, 2.24) is 0 Å². The van der Waals surface area contributed by atoms with Gasteiger partial charge in [-0.15, -0.1) is 0 Å². The standard InChI is InChI=1S/C36H30P7/c1-7-19-31(20-8-1)41(32-21-9-2-10-22-32)37-38-39(37)43(35-27-15-5-16-28-35,36-29-17-6-18-30-36)40(41)42(38,33-23-11-3-12-24-33)34-25-13-4-14-26-34/h1-30H/q+3. The van der Waals surface area contributed by atoms with E-state index in [0.29, 0.717) is 0 Å². The van der Waals surface area contributed by atoms with Crippen LogP contribution < -0.4 is 31.8 Å². The summed E-state index contributed by atoms with van der Waals surface area (Å²) in [6, 6.07) is 72.3. The number of hydrogen-bond donors (Lipinski definition) is 0. The molecule has 10 rings (SSSR count). The average Bonchev–Trinajstić information content (AvgIpc) is 3.58. The highest BCUT2D eigenvalue weighted by atomic mass is 33.5. The minimum Gasteiger partial charge on any atom is -0.0620 e. The van der Waals surface area contributed by atoms with Crippen molar-refractivity contribution < 1.29 is 0 Å². The van der Waals surface area contributed by atoms with Crippen molar-refractivity contribution in [2.24, 2.45) is 0 Å². The molecule has 1 aromatic heterocycles. The van der Waals surface area contributed by atoms with Crippen LogP contribution in [0.15, 0.2) is 182 Å². The van der Waals surface area contributed by atoms with Crippen LogP contribution >= 0.6 is 46.6 Å². The highest BCUT2D eigenvalue weighted by molar-refractivity contribution is 9.51. The first-order valence-corrected chi connectivity index (χ1v) is 31.7. The van der Waals surface area contributed by atoms with Crippen LogP contribution in [0.5, 0.6) is 0 Å². The summed E-state index contributed by atoms with van der Waals surface area (Å²) in [5.41, 5.74) is 0. The van der Waals surface area contributed by atoms with Crippen LogP contribution in [-0.4, -0.2) is 0 Å². The lowest BCUT2D eigenvalue weighted by Gasteiger charge is -2.29. The van der Waals surface area contributed by atoms with Gasteiger partial charge >= 0.3 is 6.99 Å². The average molecular weight is 679 g/mol. The van der Waals surface area contributed by atoms with Crippen LogP contribution in [0.3, 0.4) is 0 Å². The quantitative estimate of drug-likeness (QED) is 0.154. The molecule has 0 nitrogen and oxygen atoms in total.